The molecule has 0 bridgehead atoms. The van der Waals surface area contributed by atoms with Gasteiger partial charge in [-0.1, -0.05) is 0 Å². The van der Waals surface area contributed by atoms with Crippen LogP contribution in [0.5, 0.6) is 0 Å². The molecule has 1 fully saturated rings. The van der Waals surface area contributed by atoms with Crippen LogP contribution in [0.25, 0.3) is 0 Å². The lowest BCUT2D eigenvalue weighted by molar-refractivity contribution is -0.387. The third-order valence-electron chi connectivity index (χ3n) is 3.22. The van der Waals surface area contributed by atoms with E-state index in [1.165, 1.54) is 11.0 Å². The van der Waals surface area contributed by atoms with Gasteiger partial charge in [0.2, 0.25) is 5.82 Å². The molecule has 0 spiro atoms. The highest BCUT2D eigenvalue weighted by atomic mass is 19.1. The second-order valence-electron chi connectivity index (χ2n) is 4.45. The third-order valence-corrected chi connectivity index (χ3v) is 3.22. The summed E-state index contributed by atoms with van der Waals surface area (Å²) in [5.74, 6) is -1.44. The zero-order valence-electron chi connectivity index (χ0n) is 10.6. The number of rotatable bonds is 3. The fraction of sp³-hybridized carbons (Fsp3) is 0.417. The molecule has 0 aliphatic carbocycles. The second-order valence-corrected chi connectivity index (χ2v) is 4.45. The number of benzene rings is 1. The number of piperazine rings is 1. The number of alkyl halides is 1. The van der Waals surface area contributed by atoms with Crippen molar-refractivity contribution in [3.63, 3.8) is 0 Å². The molecule has 20 heavy (non-hydrogen) atoms. The number of amides is 1. The van der Waals surface area contributed by atoms with Crippen molar-refractivity contribution in [2.75, 3.05) is 33.0 Å². The minimum Gasteiger partial charge on any atom is -0.336 e. The van der Waals surface area contributed by atoms with Gasteiger partial charge in [0, 0.05) is 37.8 Å². The summed E-state index contributed by atoms with van der Waals surface area (Å²) in [6, 6.07) is 3.06. The topological polar surface area (TPSA) is 66.7 Å². The van der Waals surface area contributed by atoms with Crippen molar-refractivity contribution in [2.24, 2.45) is 0 Å². The Bertz CT molecular complexity index is 531. The molecular formula is C12H13F2N3O3. The normalized spacial score (nSPS) is 16.2. The molecule has 1 amide bonds. The Morgan fingerprint density at radius 1 is 1.30 bits per heavy atom. The summed E-state index contributed by atoms with van der Waals surface area (Å²) in [6.07, 6.45) is 0. The maximum absolute atomic E-state index is 13.5. The number of carbonyl (C=O) groups excluding carboxylic acids is 1. The van der Waals surface area contributed by atoms with Crippen LogP contribution in [0.15, 0.2) is 18.2 Å². The average molecular weight is 285 g/mol. The first-order chi connectivity index (χ1) is 9.52. The van der Waals surface area contributed by atoms with Crippen molar-refractivity contribution in [1.29, 1.82) is 0 Å². The van der Waals surface area contributed by atoms with E-state index in [9.17, 15) is 23.7 Å². The molecule has 1 aliphatic rings. The van der Waals surface area contributed by atoms with E-state index >= 15 is 0 Å². The molecule has 6 nitrogen and oxygen atoms in total. The molecule has 0 unspecified atom stereocenters. The van der Waals surface area contributed by atoms with Gasteiger partial charge in [0.05, 0.1) is 4.92 Å². The predicted molar refractivity (Wildman–Crippen MR) is 66.5 cm³/mol. The van der Waals surface area contributed by atoms with Gasteiger partial charge in [-0.05, 0) is 12.1 Å². The Balaban J connectivity index is 2.10. The van der Waals surface area contributed by atoms with Crippen LogP contribution in [0.1, 0.15) is 10.4 Å². The Hall–Kier alpha value is -2.09. The van der Waals surface area contributed by atoms with Crippen molar-refractivity contribution in [2.45, 2.75) is 0 Å². The van der Waals surface area contributed by atoms with Crippen molar-refractivity contribution in [3.8, 4) is 0 Å². The zero-order chi connectivity index (χ0) is 14.7. The van der Waals surface area contributed by atoms with Crippen LogP contribution in [0.2, 0.25) is 0 Å². The maximum atomic E-state index is 13.5. The van der Waals surface area contributed by atoms with Crippen molar-refractivity contribution < 1.29 is 18.5 Å². The summed E-state index contributed by atoms with van der Waals surface area (Å²) < 4.78 is 25.9. The largest absolute Gasteiger partial charge is 0.336 e. The van der Waals surface area contributed by atoms with E-state index in [-0.39, 0.29) is 5.56 Å². The van der Waals surface area contributed by atoms with Crippen LogP contribution in [0.4, 0.5) is 14.5 Å². The van der Waals surface area contributed by atoms with Crippen LogP contribution in [-0.2, 0) is 0 Å². The smallest absolute Gasteiger partial charge is 0.304 e. The molecular weight excluding hydrogens is 272 g/mol. The molecule has 2 rings (SSSR count). The molecule has 0 N–H and O–H groups in total. The number of carbonyl (C=O) groups is 1. The van der Waals surface area contributed by atoms with Gasteiger partial charge in [-0.25, -0.2) is 4.39 Å². The molecule has 0 aromatic heterocycles. The van der Waals surface area contributed by atoms with Gasteiger partial charge in [-0.2, -0.15) is 4.39 Å². The molecule has 8 heteroatoms. The lowest BCUT2D eigenvalue weighted by Gasteiger charge is -2.33. The van der Waals surface area contributed by atoms with Crippen LogP contribution >= 0.6 is 0 Å². The number of hydrogen-bond acceptors (Lipinski definition) is 4. The molecule has 0 radical (unpaired) electrons. The predicted octanol–water partition coefficient (Wildman–Crippen LogP) is 1.42. The second kappa shape index (κ2) is 5.91. The van der Waals surface area contributed by atoms with E-state index in [2.05, 4.69) is 0 Å². The molecule has 1 aromatic carbocycles. The highest BCUT2D eigenvalue weighted by Crippen LogP contribution is 2.19. The Morgan fingerprint density at radius 2 is 1.95 bits per heavy atom. The Morgan fingerprint density at radius 3 is 2.45 bits per heavy atom. The summed E-state index contributed by atoms with van der Waals surface area (Å²) in [4.78, 5) is 24.8. The summed E-state index contributed by atoms with van der Waals surface area (Å²) in [5.41, 5.74) is -0.606. The van der Waals surface area contributed by atoms with E-state index in [0.29, 0.717) is 26.2 Å². The number of nitro groups is 1. The van der Waals surface area contributed by atoms with Gasteiger partial charge >= 0.3 is 5.69 Å². The van der Waals surface area contributed by atoms with Gasteiger partial charge in [0.1, 0.15) is 6.80 Å². The van der Waals surface area contributed by atoms with Gasteiger partial charge in [-0.15, -0.1) is 0 Å². The molecule has 1 aliphatic heterocycles. The Kier molecular flexibility index (Phi) is 4.23. The molecule has 1 heterocycles. The SMILES string of the molecule is O=C(c1ccc([N+](=O)[O-])c(F)c1)N1CCN(CF)CC1. The summed E-state index contributed by atoms with van der Waals surface area (Å²) in [6.45, 7) is 0.965. The fourth-order valence-corrected chi connectivity index (χ4v) is 2.04. The van der Waals surface area contributed by atoms with Crippen LogP contribution < -0.4 is 0 Å². The van der Waals surface area contributed by atoms with Crippen LogP contribution in [-0.4, -0.2) is 53.6 Å². The number of nitrogens with zero attached hydrogens (tertiary/aromatic N) is 3. The van der Waals surface area contributed by atoms with Crippen molar-refractivity contribution in [1.82, 2.24) is 9.80 Å². The molecule has 0 atom stereocenters. The highest BCUT2D eigenvalue weighted by Gasteiger charge is 2.24. The fourth-order valence-electron chi connectivity index (χ4n) is 2.04. The lowest BCUT2D eigenvalue weighted by Crippen LogP contribution is -2.48. The number of halogens is 2. The van der Waals surface area contributed by atoms with Crippen molar-refractivity contribution >= 4 is 11.6 Å². The number of nitro benzene ring substituents is 1. The Labute approximate surface area is 113 Å². The summed E-state index contributed by atoms with van der Waals surface area (Å²) in [7, 11) is 0. The summed E-state index contributed by atoms with van der Waals surface area (Å²) in [5, 5.41) is 10.5. The quantitative estimate of drug-likeness (QED) is 0.478. The molecule has 108 valence electrons. The van der Waals surface area contributed by atoms with Crippen LogP contribution in [0.3, 0.4) is 0 Å². The highest BCUT2D eigenvalue weighted by molar-refractivity contribution is 5.94. The standard InChI is InChI=1S/C12H13F2N3O3/c13-8-15-3-5-16(6-4-15)12(18)9-1-2-11(17(19)20)10(14)7-9/h1-2,7H,3-6,8H2. The van der Waals surface area contributed by atoms with Crippen LogP contribution in [0, 0.1) is 15.9 Å². The minimum atomic E-state index is -1.04. The molecule has 1 aromatic rings. The lowest BCUT2D eigenvalue weighted by atomic mass is 10.1. The first kappa shape index (κ1) is 14.3. The van der Waals surface area contributed by atoms with Crippen molar-refractivity contribution in [3.05, 3.63) is 39.7 Å². The van der Waals surface area contributed by atoms with E-state index in [1.807, 2.05) is 0 Å². The van der Waals surface area contributed by atoms with E-state index in [4.69, 9.17) is 0 Å². The average Bonchev–Trinajstić information content (AvgIpc) is 2.46. The monoisotopic (exact) mass is 285 g/mol. The van der Waals surface area contributed by atoms with Gasteiger partial charge in [0.15, 0.2) is 0 Å². The number of hydrogen-bond donors (Lipinski definition) is 0. The molecule has 1 saturated heterocycles. The van der Waals surface area contributed by atoms with E-state index in [0.717, 1.165) is 12.1 Å². The minimum absolute atomic E-state index is 0.0572. The zero-order valence-corrected chi connectivity index (χ0v) is 10.6. The first-order valence-corrected chi connectivity index (χ1v) is 6.04. The van der Waals surface area contributed by atoms with Gasteiger partial charge in [-0.3, -0.25) is 19.8 Å². The van der Waals surface area contributed by atoms with Gasteiger partial charge in [0.25, 0.3) is 5.91 Å². The first-order valence-electron chi connectivity index (χ1n) is 6.04. The summed E-state index contributed by atoms with van der Waals surface area (Å²) >= 11 is 0. The third kappa shape index (κ3) is 2.90. The maximum Gasteiger partial charge on any atom is 0.304 e. The van der Waals surface area contributed by atoms with E-state index in [1.54, 1.807) is 4.90 Å². The van der Waals surface area contributed by atoms with E-state index < -0.39 is 29.1 Å². The molecule has 0 saturated carbocycles. The van der Waals surface area contributed by atoms with Gasteiger partial charge < -0.3 is 4.90 Å².